The number of anilines is 1. The molecule has 2 rings (SSSR count). The maximum absolute atomic E-state index is 12.3. The summed E-state index contributed by atoms with van der Waals surface area (Å²) in [7, 11) is 3.07. The van der Waals surface area contributed by atoms with Gasteiger partial charge in [0.15, 0.2) is 18.1 Å². The second-order valence-electron chi connectivity index (χ2n) is 5.70. The van der Waals surface area contributed by atoms with Crippen LogP contribution in [0.1, 0.15) is 23.7 Å². The molecular weight excluding hydrogens is 370 g/mol. The number of ether oxygens (including phenoxy) is 3. The number of hydrogen-bond donors (Lipinski definition) is 0. The van der Waals surface area contributed by atoms with Gasteiger partial charge in [0.25, 0.3) is 5.91 Å². The molecule has 0 heterocycles. The van der Waals surface area contributed by atoms with E-state index in [1.807, 2.05) is 25.1 Å². The monoisotopic (exact) mass is 391 g/mol. The Morgan fingerprint density at radius 2 is 1.85 bits per heavy atom. The number of amides is 1. The molecule has 0 aliphatic rings. The fourth-order valence-corrected chi connectivity index (χ4v) is 2.55. The lowest BCUT2D eigenvalue weighted by Crippen LogP contribution is -2.31. The van der Waals surface area contributed by atoms with Crippen molar-refractivity contribution in [2.75, 3.05) is 32.3 Å². The first-order valence-electron chi connectivity index (χ1n) is 8.47. The number of rotatable bonds is 8. The number of likely N-dealkylation sites (N-methyl/N-ethyl adjacent to an activating group) is 1. The molecule has 6 nitrogen and oxygen atoms in total. The van der Waals surface area contributed by atoms with E-state index >= 15 is 0 Å². The van der Waals surface area contributed by atoms with Crippen LogP contribution in [0.2, 0.25) is 5.02 Å². The molecule has 2 aromatic rings. The summed E-state index contributed by atoms with van der Waals surface area (Å²) in [6.07, 6.45) is 0.806. The Kier molecular flexibility index (Phi) is 7.49. The lowest BCUT2D eigenvalue weighted by Gasteiger charge is -2.17. The minimum Gasteiger partial charge on any atom is -0.493 e. The molecule has 0 spiro atoms. The molecule has 7 heteroatoms. The number of para-hydroxylation sites is 1. The minimum absolute atomic E-state index is 0.177. The molecule has 0 aliphatic heterocycles. The highest BCUT2D eigenvalue weighted by molar-refractivity contribution is 6.32. The van der Waals surface area contributed by atoms with Gasteiger partial charge in [-0.3, -0.25) is 4.79 Å². The van der Waals surface area contributed by atoms with Gasteiger partial charge >= 0.3 is 5.97 Å². The molecule has 0 radical (unpaired) electrons. The zero-order valence-corrected chi connectivity index (χ0v) is 16.3. The molecule has 144 valence electrons. The SMILES string of the molecule is CCCOc1c(Cl)cc(C(=O)OCC(=O)N(C)c2ccccc2)cc1OC. The van der Waals surface area contributed by atoms with Gasteiger partial charge in [-0.25, -0.2) is 4.79 Å². The second-order valence-corrected chi connectivity index (χ2v) is 6.11. The summed E-state index contributed by atoms with van der Waals surface area (Å²) < 4.78 is 15.9. The van der Waals surface area contributed by atoms with E-state index in [9.17, 15) is 9.59 Å². The highest BCUT2D eigenvalue weighted by Gasteiger charge is 2.19. The number of nitrogens with zero attached hydrogens (tertiary/aromatic N) is 1. The molecule has 0 unspecified atom stereocenters. The van der Waals surface area contributed by atoms with Crippen LogP contribution < -0.4 is 14.4 Å². The summed E-state index contributed by atoms with van der Waals surface area (Å²) in [5.41, 5.74) is 0.886. The molecular formula is C20H22ClNO5. The fraction of sp³-hybridized carbons (Fsp3) is 0.300. The Balaban J connectivity index is 2.05. The normalized spacial score (nSPS) is 10.2. The molecule has 0 N–H and O–H groups in total. The predicted octanol–water partition coefficient (Wildman–Crippen LogP) is 3.96. The number of benzene rings is 2. The van der Waals surface area contributed by atoms with Gasteiger partial charge in [-0.2, -0.15) is 0 Å². The first kappa shape index (κ1) is 20.6. The van der Waals surface area contributed by atoms with Crippen LogP contribution >= 0.6 is 11.6 Å². The van der Waals surface area contributed by atoms with Crippen LogP contribution in [0.5, 0.6) is 11.5 Å². The van der Waals surface area contributed by atoms with Gasteiger partial charge in [0.2, 0.25) is 0 Å². The van der Waals surface area contributed by atoms with Crippen molar-refractivity contribution in [2.24, 2.45) is 0 Å². The number of esters is 1. The van der Waals surface area contributed by atoms with Crippen LogP contribution in [0.15, 0.2) is 42.5 Å². The van der Waals surface area contributed by atoms with E-state index in [1.165, 1.54) is 24.1 Å². The van der Waals surface area contributed by atoms with Crippen LogP contribution in [-0.4, -0.2) is 39.2 Å². The molecule has 1 amide bonds. The van der Waals surface area contributed by atoms with Crippen molar-refractivity contribution in [1.82, 2.24) is 0 Å². The third-order valence-electron chi connectivity index (χ3n) is 3.76. The van der Waals surface area contributed by atoms with E-state index in [-0.39, 0.29) is 16.5 Å². The van der Waals surface area contributed by atoms with Crippen LogP contribution in [-0.2, 0) is 9.53 Å². The first-order chi connectivity index (χ1) is 13.0. The zero-order valence-electron chi connectivity index (χ0n) is 15.5. The second kappa shape index (κ2) is 9.83. The Labute approximate surface area is 163 Å². The van der Waals surface area contributed by atoms with Crippen molar-refractivity contribution < 1.29 is 23.8 Å². The van der Waals surface area contributed by atoms with E-state index in [1.54, 1.807) is 19.2 Å². The summed E-state index contributed by atoms with van der Waals surface area (Å²) in [4.78, 5) is 25.9. The van der Waals surface area contributed by atoms with Gasteiger partial charge < -0.3 is 19.1 Å². The smallest absolute Gasteiger partial charge is 0.338 e. The van der Waals surface area contributed by atoms with Crippen molar-refractivity contribution >= 4 is 29.2 Å². The summed E-state index contributed by atoms with van der Waals surface area (Å²) in [6, 6.07) is 12.0. The van der Waals surface area contributed by atoms with E-state index in [0.29, 0.717) is 23.8 Å². The van der Waals surface area contributed by atoms with Crippen LogP contribution in [0.25, 0.3) is 0 Å². The number of carbonyl (C=O) groups excluding carboxylic acids is 2. The third kappa shape index (κ3) is 5.37. The lowest BCUT2D eigenvalue weighted by atomic mass is 10.2. The van der Waals surface area contributed by atoms with Crippen molar-refractivity contribution in [3.05, 3.63) is 53.1 Å². The summed E-state index contributed by atoms with van der Waals surface area (Å²) in [5, 5.41) is 0.238. The van der Waals surface area contributed by atoms with Gasteiger partial charge in [-0.05, 0) is 30.7 Å². The topological polar surface area (TPSA) is 65.1 Å². The Bertz CT molecular complexity index is 794. The van der Waals surface area contributed by atoms with E-state index in [2.05, 4.69) is 0 Å². The number of methoxy groups -OCH3 is 1. The number of hydrogen-bond acceptors (Lipinski definition) is 5. The molecule has 0 bridgehead atoms. The van der Waals surface area contributed by atoms with Crippen molar-refractivity contribution in [1.29, 1.82) is 0 Å². The van der Waals surface area contributed by atoms with Crippen molar-refractivity contribution in [2.45, 2.75) is 13.3 Å². The van der Waals surface area contributed by atoms with E-state index in [4.69, 9.17) is 25.8 Å². The zero-order chi connectivity index (χ0) is 19.8. The van der Waals surface area contributed by atoms with E-state index < -0.39 is 12.6 Å². The summed E-state index contributed by atoms with van der Waals surface area (Å²) in [5.74, 6) is -0.323. The maximum atomic E-state index is 12.3. The van der Waals surface area contributed by atoms with Crippen LogP contribution in [0.3, 0.4) is 0 Å². The van der Waals surface area contributed by atoms with E-state index in [0.717, 1.165) is 6.42 Å². The predicted molar refractivity (Wildman–Crippen MR) is 104 cm³/mol. The highest BCUT2D eigenvalue weighted by Crippen LogP contribution is 2.36. The standard InChI is InChI=1S/C20H22ClNO5/c1-4-10-26-19-16(21)11-14(12-17(19)25-3)20(24)27-13-18(23)22(2)15-8-6-5-7-9-15/h5-9,11-12H,4,10,13H2,1-3H3. The molecule has 0 aliphatic carbocycles. The molecule has 0 saturated carbocycles. The van der Waals surface area contributed by atoms with Crippen LogP contribution in [0, 0.1) is 0 Å². The third-order valence-corrected chi connectivity index (χ3v) is 4.04. The van der Waals surface area contributed by atoms with Gasteiger partial charge in [0.1, 0.15) is 0 Å². The average Bonchev–Trinajstić information content (AvgIpc) is 2.70. The summed E-state index contributed by atoms with van der Waals surface area (Å²) >= 11 is 6.20. The maximum Gasteiger partial charge on any atom is 0.338 e. The molecule has 0 aromatic heterocycles. The quantitative estimate of drug-likeness (QED) is 0.637. The average molecular weight is 392 g/mol. The molecule has 27 heavy (non-hydrogen) atoms. The van der Waals surface area contributed by atoms with Gasteiger partial charge in [0.05, 0.1) is 24.3 Å². The molecule has 0 fully saturated rings. The molecule has 2 aromatic carbocycles. The molecule has 0 atom stereocenters. The van der Waals surface area contributed by atoms with Crippen molar-refractivity contribution in [3.8, 4) is 11.5 Å². The first-order valence-corrected chi connectivity index (χ1v) is 8.84. The molecule has 0 saturated heterocycles. The fourth-order valence-electron chi connectivity index (χ4n) is 2.28. The Morgan fingerprint density at radius 3 is 2.48 bits per heavy atom. The Hall–Kier alpha value is -2.73. The largest absolute Gasteiger partial charge is 0.493 e. The van der Waals surface area contributed by atoms with Crippen molar-refractivity contribution in [3.63, 3.8) is 0 Å². The lowest BCUT2D eigenvalue weighted by molar-refractivity contribution is -0.121. The Morgan fingerprint density at radius 1 is 1.15 bits per heavy atom. The van der Waals surface area contributed by atoms with Gasteiger partial charge in [-0.15, -0.1) is 0 Å². The number of carbonyl (C=O) groups is 2. The van der Waals surface area contributed by atoms with Gasteiger partial charge in [0, 0.05) is 12.7 Å². The highest BCUT2D eigenvalue weighted by atomic mass is 35.5. The van der Waals surface area contributed by atoms with Crippen LogP contribution in [0.4, 0.5) is 5.69 Å². The minimum atomic E-state index is -0.674. The van der Waals surface area contributed by atoms with Gasteiger partial charge in [-0.1, -0.05) is 36.7 Å². The summed E-state index contributed by atoms with van der Waals surface area (Å²) in [6.45, 7) is 2.05. The number of halogens is 1.